The largest absolute Gasteiger partial charge is 0.366 e. The number of fused-ring (bicyclic) bond motifs is 1. The molecule has 44 heavy (non-hydrogen) atoms. The van der Waals surface area contributed by atoms with Crippen LogP contribution in [0.3, 0.4) is 0 Å². The van der Waals surface area contributed by atoms with Gasteiger partial charge in [-0.15, -0.1) is 0 Å². The molecule has 2 atom stereocenters. The van der Waals surface area contributed by atoms with E-state index in [4.69, 9.17) is 10.1 Å². The van der Waals surface area contributed by atoms with Gasteiger partial charge in [-0.25, -0.2) is 18.7 Å². The van der Waals surface area contributed by atoms with Crippen molar-refractivity contribution in [3.63, 3.8) is 0 Å². The third-order valence-corrected chi connectivity index (χ3v) is 8.38. The van der Waals surface area contributed by atoms with Gasteiger partial charge in [-0.1, -0.05) is 19.9 Å². The minimum absolute atomic E-state index is 0.0389. The van der Waals surface area contributed by atoms with Crippen LogP contribution in [0.25, 0.3) is 10.9 Å². The van der Waals surface area contributed by atoms with Crippen LogP contribution in [-0.4, -0.2) is 69.1 Å². The Hall–Kier alpha value is -3.77. The van der Waals surface area contributed by atoms with Crippen molar-refractivity contribution in [1.29, 1.82) is 5.41 Å². The molecule has 5 rings (SSSR count). The Morgan fingerprint density at radius 2 is 1.89 bits per heavy atom. The van der Waals surface area contributed by atoms with Gasteiger partial charge in [-0.3, -0.25) is 15.0 Å². The number of aliphatic hydroxyl groups is 1. The van der Waals surface area contributed by atoms with Gasteiger partial charge in [0.05, 0.1) is 23.7 Å². The number of nitrogens with one attached hydrogen (secondary N) is 2. The van der Waals surface area contributed by atoms with Crippen LogP contribution < -0.4 is 10.2 Å². The number of likely N-dealkylation sites (tertiary alicyclic amines) is 1. The lowest BCUT2D eigenvalue weighted by Crippen LogP contribution is -2.44. The Kier molecular flexibility index (Phi) is 9.12. The van der Waals surface area contributed by atoms with E-state index in [9.17, 15) is 14.7 Å². The van der Waals surface area contributed by atoms with Crippen LogP contribution in [0.4, 0.5) is 14.6 Å². The van der Waals surface area contributed by atoms with Crippen LogP contribution in [0.1, 0.15) is 71.3 Å². The van der Waals surface area contributed by atoms with E-state index in [1.165, 1.54) is 43.3 Å². The molecular weight excluding hydrogens is 570 g/mol. The second kappa shape index (κ2) is 12.7. The molecule has 3 aliphatic rings. The standard InChI is InChI=1S/C32H40F2N6O4/c1-18(2)31(42)38-29(35)19-7-10-39(11-8-19)30-24-15-21(33)14-23(28(24)36-17-37-30)20-5-6-26(25(34)13-20)40-12-9-22(16-27(40)41)44-32(3,4)43/h6,13-15,17-20,22,43H,5,7-12,16H2,1-4H3,(H2,35,38,42)/t20?,22-/m0/s1. The first-order valence-corrected chi connectivity index (χ1v) is 15.2. The molecular formula is C32H40F2N6O4. The van der Waals surface area contributed by atoms with Crippen LogP contribution >= 0.6 is 0 Å². The second-order valence-electron chi connectivity index (χ2n) is 12.6. The highest BCUT2D eigenvalue weighted by atomic mass is 19.1. The number of halogens is 2. The predicted molar refractivity (Wildman–Crippen MR) is 162 cm³/mol. The van der Waals surface area contributed by atoms with E-state index in [1.807, 2.05) is 4.90 Å². The third kappa shape index (κ3) is 6.96. The smallest absolute Gasteiger partial charge is 0.229 e. The summed E-state index contributed by atoms with van der Waals surface area (Å²) in [5.74, 6) is -2.86. The van der Waals surface area contributed by atoms with Crippen molar-refractivity contribution >= 4 is 34.4 Å². The lowest BCUT2D eigenvalue weighted by Gasteiger charge is -2.36. The molecule has 1 aromatic carbocycles. The van der Waals surface area contributed by atoms with Gasteiger partial charge < -0.3 is 25.0 Å². The summed E-state index contributed by atoms with van der Waals surface area (Å²) in [7, 11) is 0. The predicted octanol–water partition coefficient (Wildman–Crippen LogP) is 4.70. The summed E-state index contributed by atoms with van der Waals surface area (Å²) >= 11 is 0. The molecule has 10 nitrogen and oxygen atoms in total. The van der Waals surface area contributed by atoms with Crippen molar-refractivity contribution in [2.24, 2.45) is 11.8 Å². The molecule has 2 aliphatic heterocycles. The summed E-state index contributed by atoms with van der Waals surface area (Å²) in [6, 6.07) is 2.77. The Morgan fingerprint density at radius 1 is 1.16 bits per heavy atom. The Morgan fingerprint density at radius 3 is 2.52 bits per heavy atom. The zero-order valence-electron chi connectivity index (χ0n) is 25.6. The van der Waals surface area contributed by atoms with E-state index in [-0.39, 0.29) is 48.1 Å². The number of nitrogens with zero attached hydrogens (tertiary/aromatic N) is 4. The van der Waals surface area contributed by atoms with Gasteiger partial charge in [-0.2, -0.15) is 0 Å². The second-order valence-corrected chi connectivity index (χ2v) is 12.6. The number of piperidine rings is 2. The fraction of sp³-hybridized carbons (Fsp3) is 0.531. The first-order valence-electron chi connectivity index (χ1n) is 15.2. The first kappa shape index (κ1) is 31.6. The number of ether oxygens (including phenoxy) is 1. The highest BCUT2D eigenvalue weighted by Crippen LogP contribution is 2.39. The summed E-state index contributed by atoms with van der Waals surface area (Å²) in [5.41, 5.74) is 1.26. The fourth-order valence-corrected chi connectivity index (χ4v) is 6.13. The molecule has 2 fully saturated rings. The minimum atomic E-state index is -1.36. The van der Waals surface area contributed by atoms with Crippen LogP contribution in [0, 0.1) is 23.1 Å². The number of anilines is 1. The van der Waals surface area contributed by atoms with Crippen molar-refractivity contribution in [3.05, 3.63) is 53.5 Å². The summed E-state index contributed by atoms with van der Waals surface area (Å²) in [6.45, 7) is 7.98. The molecule has 1 unspecified atom stereocenters. The zero-order valence-corrected chi connectivity index (χ0v) is 25.6. The van der Waals surface area contributed by atoms with Crippen LogP contribution in [0.2, 0.25) is 0 Å². The minimum Gasteiger partial charge on any atom is -0.366 e. The molecule has 2 saturated heterocycles. The maximum Gasteiger partial charge on any atom is 0.229 e. The van der Waals surface area contributed by atoms with E-state index in [0.717, 1.165) is 0 Å². The molecule has 1 aromatic heterocycles. The molecule has 3 heterocycles. The molecule has 0 bridgehead atoms. The Balaban J connectivity index is 1.31. The normalized spacial score (nSPS) is 21.9. The monoisotopic (exact) mass is 610 g/mol. The van der Waals surface area contributed by atoms with E-state index in [1.54, 1.807) is 19.9 Å². The van der Waals surface area contributed by atoms with Crippen LogP contribution in [0.5, 0.6) is 0 Å². The number of amides is 2. The number of rotatable bonds is 7. The van der Waals surface area contributed by atoms with Gasteiger partial charge in [0.25, 0.3) is 0 Å². The average molecular weight is 611 g/mol. The maximum atomic E-state index is 15.6. The molecule has 3 N–H and O–H groups in total. The van der Waals surface area contributed by atoms with E-state index in [0.29, 0.717) is 61.1 Å². The van der Waals surface area contributed by atoms with Crippen molar-refractivity contribution in [2.45, 2.75) is 77.6 Å². The van der Waals surface area contributed by atoms with E-state index >= 15 is 8.78 Å². The SMILES string of the molecule is CC(C)C(=O)NC(=N)C1CCN(c2ncnc3c(C4C=C(F)C(N5CC[C@H](OC(C)(C)O)CC5=O)=CC4)cc(F)cc23)CC1. The summed E-state index contributed by atoms with van der Waals surface area (Å²) in [5, 5.41) is 21.5. The van der Waals surface area contributed by atoms with Gasteiger partial charge >= 0.3 is 0 Å². The summed E-state index contributed by atoms with van der Waals surface area (Å²) in [4.78, 5) is 37.3. The van der Waals surface area contributed by atoms with Crippen LogP contribution in [-0.2, 0) is 14.3 Å². The number of hydrogen-bond acceptors (Lipinski definition) is 8. The highest BCUT2D eigenvalue weighted by molar-refractivity contribution is 5.98. The van der Waals surface area contributed by atoms with E-state index in [2.05, 4.69) is 15.3 Å². The number of carbonyl (C=O) groups is 2. The summed E-state index contributed by atoms with van der Waals surface area (Å²) < 4.78 is 36.2. The van der Waals surface area contributed by atoms with Crippen molar-refractivity contribution in [1.82, 2.24) is 20.2 Å². The number of benzene rings is 1. The van der Waals surface area contributed by atoms with Gasteiger partial charge in [0.1, 0.15) is 29.6 Å². The van der Waals surface area contributed by atoms with Gasteiger partial charge in [-0.05, 0) is 63.3 Å². The number of allylic oxidation sites excluding steroid dienone is 3. The maximum absolute atomic E-state index is 15.6. The average Bonchev–Trinajstić information content (AvgIpc) is 2.96. The van der Waals surface area contributed by atoms with Gasteiger partial charge in [0.15, 0.2) is 5.79 Å². The third-order valence-electron chi connectivity index (χ3n) is 8.38. The number of carbonyl (C=O) groups excluding carboxylic acids is 2. The van der Waals surface area contributed by atoms with Crippen molar-refractivity contribution < 1.29 is 28.2 Å². The Bertz CT molecular complexity index is 1510. The van der Waals surface area contributed by atoms with Gasteiger partial charge in [0.2, 0.25) is 11.8 Å². The molecule has 12 heteroatoms. The lowest BCUT2D eigenvalue weighted by molar-refractivity contribution is -0.212. The van der Waals surface area contributed by atoms with Gasteiger partial charge in [0, 0.05) is 42.8 Å². The molecule has 0 spiro atoms. The van der Waals surface area contributed by atoms with Crippen LogP contribution in [0.15, 0.2) is 42.1 Å². The summed E-state index contributed by atoms with van der Waals surface area (Å²) in [6.07, 6.45) is 6.19. The molecule has 2 amide bonds. The van der Waals surface area contributed by atoms with E-state index < -0.39 is 29.5 Å². The quantitative estimate of drug-likeness (QED) is 0.235. The first-order chi connectivity index (χ1) is 20.8. The molecule has 236 valence electrons. The van der Waals surface area contributed by atoms with Crippen molar-refractivity contribution in [3.8, 4) is 0 Å². The highest BCUT2D eigenvalue weighted by Gasteiger charge is 2.34. The zero-order chi connectivity index (χ0) is 31.8. The number of hydrogen-bond donors (Lipinski definition) is 3. The molecule has 0 saturated carbocycles. The number of amidine groups is 1. The number of aromatic nitrogens is 2. The van der Waals surface area contributed by atoms with Crippen molar-refractivity contribution in [2.75, 3.05) is 24.5 Å². The Labute approximate surface area is 255 Å². The lowest BCUT2D eigenvalue weighted by atomic mass is 9.88. The fourth-order valence-electron chi connectivity index (χ4n) is 6.13. The molecule has 1 aliphatic carbocycles. The molecule has 2 aromatic rings. The topological polar surface area (TPSA) is 132 Å². The molecule has 0 radical (unpaired) electrons.